The Morgan fingerprint density at radius 1 is 0.667 bits per heavy atom. The van der Waals surface area contributed by atoms with E-state index in [1.807, 2.05) is 0 Å². The highest BCUT2D eigenvalue weighted by Gasteiger charge is 2.23. The molecule has 1 aliphatic rings. The highest BCUT2D eigenvalue weighted by molar-refractivity contribution is 5.28. The van der Waals surface area contributed by atoms with Crippen LogP contribution in [0.5, 0.6) is 0 Å². The average molecular weight is 359 g/mol. The third-order valence-corrected chi connectivity index (χ3v) is 6.16. The van der Waals surface area contributed by atoms with Gasteiger partial charge in [-0.05, 0) is 73.0 Å². The molecule has 3 atom stereocenters. The van der Waals surface area contributed by atoms with Crippen molar-refractivity contribution in [2.75, 3.05) is 0 Å². The predicted octanol–water partition coefficient (Wildman–Crippen LogP) is 8.05. The highest BCUT2D eigenvalue weighted by atomic mass is 14.3. The van der Waals surface area contributed by atoms with Crippen molar-refractivity contribution in [1.82, 2.24) is 0 Å². The summed E-state index contributed by atoms with van der Waals surface area (Å²) in [5.74, 6) is 1.90. The van der Waals surface area contributed by atoms with E-state index in [1.165, 1.54) is 49.7 Å². The minimum Gasteiger partial charge on any atom is -0.0840 e. The van der Waals surface area contributed by atoms with Gasteiger partial charge in [0.25, 0.3) is 0 Å². The van der Waals surface area contributed by atoms with Crippen molar-refractivity contribution < 1.29 is 0 Å². The van der Waals surface area contributed by atoms with Crippen LogP contribution < -0.4 is 0 Å². The summed E-state index contributed by atoms with van der Waals surface area (Å²) < 4.78 is 0. The van der Waals surface area contributed by atoms with Crippen LogP contribution in [0.25, 0.3) is 0 Å². The lowest BCUT2D eigenvalue weighted by atomic mass is 9.76. The van der Waals surface area contributed by atoms with E-state index in [-0.39, 0.29) is 0 Å². The van der Waals surface area contributed by atoms with Gasteiger partial charge in [0.2, 0.25) is 0 Å². The van der Waals surface area contributed by atoms with Crippen molar-refractivity contribution in [3.63, 3.8) is 0 Å². The molecule has 1 aliphatic carbocycles. The second-order valence-electron chi connectivity index (χ2n) is 7.88. The fraction of sp³-hybridized carbons (Fsp3) is 0.407. The second kappa shape index (κ2) is 10.3. The molecule has 0 nitrogen and oxygen atoms in total. The van der Waals surface area contributed by atoms with Crippen LogP contribution in [0.4, 0.5) is 0 Å². The molecule has 0 fully saturated rings. The largest absolute Gasteiger partial charge is 0.0840 e. The maximum Gasteiger partial charge on any atom is -0.0150 e. The van der Waals surface area contributed by atoms with Gasteiger partial charge in [0.05, 0.1) is 0 Å². The smallest absolute Gasteiger partial charge is 0.0150 e. The molecule has 0 N–H and O–H groups in total. The predicted molar refractivity (Wildman–Crippen MR) is 118 cm³/mol. The summed E-state index contributed by atoms with van der Waals surface area (Å²) in [6.45, 7) is 4.69. The van der Waals surface area contributed by atoms with Crippen LogP contribution in [0.3, 0.4) is 0 Å². The Labute approximate surface area is 166 Å². The number of benzene rings is 2. The van der Waals surface area contributed by atoms with E-state index in [9.17, 15) is 0 Å². The first-order chi connectivity index (χ1) is 13.3. The second-order valence-corrected chi connectivity index (χ2v) is 7.88. The van der Waals surface area contributed by atoms with Gasteiger partial charge in [-0.25, -0.2) is 0 Å². The molecule has 0 spiro atoms. The molecule has 0 heteroatoms. The van der Waals surface area contributed by atoms with Gasteiger partial charge in [0, 0.05) is 0 Å². The van der Waals surface area contributed by atoms with Crippen molar-refractivity contribution in [2.24, 2.45) is 5.92 Å². The van der Waals surface area contributed by atoms with Crippen molar-refractivity contribution in [3.8, 4) is 0 Å². The van der Waals surface area contributed by atoms with Gasteiger partial charge in [-0.3, -0.25) is 0 Å². The fourth-order valence-electron chi connectivity index (χ4n) is 4.52. The SMILES string of the molecule is CCC(CC(CC(CC)c1ccccc1)c1ccccc1)C1=CCCC=C1. The summed E-state index contributed by atoms with van der Waals surface area (Å²) in [6, 6.07) is 22.3. The molecule has 2 aromatic carbocycles. The lowest BCUT2D eigenvalue weighted by Gasteiger charge is -2.28. The van der Waals surface area contributed by atoms with E-state index < -0.39 is 0 Å². The number of allylic oxidation sites excluding steroid dienone is 4. The Kier molecular flexibility index (Phi) is 7.51. The molecular formula is C27H34. The van der Waals surface area contributed by atoms with E-state index in [4.69, 9.17) is 0 Å². The molecule has 0 amide bonds. The molecule has 3 rings (SSSR count). The standard InChI is InChI=1S/C27H34/c1-3-22(24-14-8-5-9-15-24)20-27(26-18-12-7-13-19-26)21-23(4-2)25-16-10-6-11-17-25/h5,7-10,12-19,22-23,27H,3-4,6,11,20-21H2,1-2H3. The third kappa shape index (κ3) is 5.45. The van der Waals surface area contributed by atoms with Crippen LogP contribution in [0, 0.1) is 5.92 Å². The van der Waals surface area contributed by atoms with Crippen LogP contribution in [-0.2, 0) is 0 Å². The zero-order valence-corrected chi connectivity index (χ0v) is 17.0. The average Bonchev–Trinajstić information content (AvgIpc) is 2.76. The molecule has 0 aromatic heterocycles. The van der Waals surface area contributed by atoms with Crippen molar-refractivity contribution in [1.29, 1.82) is 0 Å². The molecule has 27 heavy (non-hydrogen) atoms. The maximum absolute atomic E-state index is 2.48. The van der Waals surface area contributed by atoms with Gasteiger partial charge in [-0.15, -0.1) is 0 Å². The lowest BCUT2D eigenvalue weighted by Crippen LogP contribution is -2.13. The van der Waals surface area contributed by atoms with Crippen molar-refractivity contribution >= 4 is 0 Å². The first kappa shape index (κ1) is 19.7. The van der Waals surface area contributed by atoms with E-state index >= 15 is 0 Å². The van der Waals surface area contributed by atoms with Crippen LogP contribution in [0.1, 0.15) is 75.3 Å². The van der Waals surface area contributed by atoms with E-state index in [2.05, 4.69) is 92.7 Å². The van der Waals surface area contributed by atoms with Crippen LogP contribution >= 0.6 is 0 Å². The van der Waals surface area contributed by atoms with Gasteiger partial charge in [0.1, 0.15) is 0 Å². The van der Waals surface area contributed by atoms with Crippen molar-refractivity contribution in [2.45, 2.75) is 64.2 Å². The Morgan fingerprint density at radius 2 is 1.22 bits per heavy atom. The molecule has 0 saturated heterocycles. The minimum absolute atomic E-state index is 0.609. The number of hydrogen-bond donors (Lipinski definition) is 0. The molecule has 0 saturated carbocycles. The number of rotatable bonds is 9. The first-order valence-corrected chi connectivity index (χ1v) is 10.8. The van der Waals surface area contributed by atoms with Crippen LogP contribution in [0.2, 0.25) is 0 Å². The molecule has 142 valence electrons. The molecule has 0 heterocycles. The zero-order chi connectivity index (χ0) is 18.9. The summed E-state index contributed by atoms with van der Waals surface area (Å²) in [7, 11) is 0. The van der Waals surface area contributed by atoms with E-state index in [0.717, 1.165) is 0 Å². The van der Waals surface area contributed by atoms with Gasteiger partial charge < -0.3 is 0 Å². The minimum atomic E-state index is 0.609. The molecule has 0 radical (unpaired) electrons. The molecule has 0 aliphatic heterocycles. The van der Waals surface area contributed by atoms with Crippen molar-refractivity contribution in [3.05, 3.63) is 95.6 Å². The normalized spacial score (nSPS) is 17.2. The fourth-order valence-corrected chi connectivity index (χ4v) is 4.52. The zero-order valence-electron chi connectivity index (χ0n) is 17.0. The number of hydrogen-bond acceptors (Lipinski definition) is 0. The Bertz CT molecular complexity index is 723. The molecule has 0 bridgehead atoms. The van der Waals surface area contributed by atoms with Crippen LogP contribution in [-0.4, -0.2) is 0 Å². The summed E-state index contributed by atoms with van der Waals surface area (Å²) >= 11 is 0. The Morgan fingerprint density at radius 3 is 1.74 bits per heavy atom. The summed E-state index contributed by atoms with van der Waals surface area (Å²) in [5, 5.41) is 0. The quantitative estimate of drug-likeness (QED) is 0.425. The third-order valence-electron chi connectivity index (χ3n) is 6.16. The van der Waals surface area contributed by atoms with Crippen LogP contribution in [0.15, 0.2) is 84.5 Å². The molecule has 2 aromatic rings. The molecular weight excluding hydrogens is 324 g/mol. The topological polar surface area (TPSA) is 0 Å². The first-order valence-electron chi connectivity index (χ1n) is 10.8. The summed E-state index contributed by atoms with van der Waals surface area (Å²) in [5.41, 5.74) is 4.56. The van der Waals surface area contributed by atoms with Gasteiger partial charge >= 0.3 is 0 Å². The Hall–Kier alpha value is -2.08. The van der Waals surface area contributed by atoms with Gasteiger partial charge in [0.15, 0.2) is 0 Å². The maximum atomic E-state index is 2.48. The van der Waals surface area contributed by atoms with Gasteiger partial charge in [-0.1, -0.05) is 92.7 Å². The van der Waals surface area contributed by atoms with E-state index in [0.29, 0.717) is 17.8 Å². The van der Waals surface area contributed by atoms with E-state index in [1.54, 1.807) is 5.57 Å². The lowest BCUT2D eigenvalue weighted by molar-refractivity contribution is 0.426. The highest BCUT2D eigenvalue weighted by Crippen LogP contribution is 2.39. The summed E-state index contributed by atoms with van der Waals surface area (Å²) in [4.78, 5) is 0. The van der Waals surface area contributed by atoms with Gasteiger partial charge in [-0.2, -0.15) is 0 Å². The monoisotopic (exact) mass is 358 g/mol. The Balaban J connectivity index is 1.82. The summed E-state index contributed by atoms with van der Waals surface area (Å²) in [6.07, 6.45) is 14.5. The molecule has 3 unspecified atom stereocenters.